The van der Waals surface area contributed by atoms with Crippen molar-refractivity contribution in [3.8, 4) is 5.88 Å². The Morgan fingerprint density at radius 3 is 2.45 bits per heavy atom. The van der Waals surface area contributed by atoms with Crippen molar-refractivity contribution in [3.63, 3.8) is 0 Å². The zero-order valence-corrected chi connectivity index (χ0v) is 5.79. The summed E-state index contributed by atoms with van der Waals surface area (Å²) in [6.07, 6.45) is 0. The number of aromatic hydroxyl groups is 1. The van der Waals surface area contributed by atoms with Crippen LogP contribution in [0.3, 0.4) is 0 Å². The Morgan fingerprint density at radius 2 is 2.27 bits per heavy atom. The molecule has 11 heavy (non-hydrogen) atoms. The Kier molecular flexibility index (Phi) is 1.45. The van der Waals surface area contributed by atoms with E-state index in [1.54, 1.807) is 0 Å². The van der Waals surface area contributed by atoms with Gasteiger partial charge < -0.3 is 10.8 Å². The van der Waals surface area contributed by atoms with E-state index >= 15 is 0 Å². The molecule has 60 valence electrons. The average Bonchev–Trinajstić information content (AvgIpc) is 2.07. The van der Waals surface area contributed by atoms with Gasteiger partial charge in [-0.05, 0) is 6.92 Å². The Balaban J connectivity index is 3.46. The highest BCUT2D eigenvalue weighted by molar-refractivity contribution is 5.75. The summed E-state index contributed by atoms with van der Waals surface area (Å²) in [5.41, 5.74) is 4.21. The van der Waals surface area contributed by atoms with E-state index in [9.17, 15) is 9.59 Å². The van der Waals surface area contributed by atoms with Gasteiger partial charge in [0.25, 0.3) is 0 Å². The predicted molar refractivity (Wildman–Crippen MR) is 36.4 cm³/mol. The number of carbonyl (C=O) groups is 1. The number of aromatic nitrogens is 2. The number of H-pyrrole nitrogens is 1. The maximum absolute atomic E-state index is 10.7. The molecule has 0 aliphatic heterocycles. The summed E-state index contributed by atoms with van der Waals surface area (Å²) in [4.78, 5) is 23.3. The van der Waals surface area contributed by atoms with E-state index in [0.29, 0.717) is 4.57 Å². The largest absolute Gasteiger partial charge is 0.493 e. The van der Waals surface area contributed by atoms with E-state index in [-0.39, 0.29) is 11.6 Å². The van der Waals surface area contributed by atoms with Gasteiger partial charge in [0.15, 0.2) is 0 Å². The van der Waals surface area contributed by atoms with Crippen molar-refractivity contribution in [1.82, 2.24) is 9.55 Å². The summed E-state index contributed by atoms with van der Waals surface area (Å²) in [5, 5.41) is 8.89. The van der Waals surface area contributed by atoms with Gasteiger partial charge in [-0.15, -0.1) is 0 Å². The minimum absolute atomic E-state index is 0.113. The van der Waals surface area contributed by atoms with Crippen molar-refractivity contribution in [1.29, 1.82) is 0 Å². The van der Waals surface area contributed by atoms with E-state index in [2.05, 4.69) is 0 Å². The SMILES string of the molecule is Cc1c(O)[nH]c(=O)n1C(N)=O. The molecule has 1 aromatic heterocycles. The minimum Gasteiger partial charge on any atom is -0.493 e. The molecule has 0 aliphatic rings. The molecule has 0 radical (unpaired) electrons. The second-order valence-corrected chi connectivity index (χ2v) is 2.04. The predicted octanol–water partition coefficient (Wildman–Crippen LogP) is -0.883. The highest BCUT2D eigenvalue weighted by atomic mass is 16.3. The van der Waals surface area contributed by atoms with Crippen molar-refractivity contribution in [2.45, 2.75) is 6.92 Å². The van der Waals surface area contributed by atoms with Gasteiger partial charge >= 0.3 is 11.7 Å². The molecule has 0 saturated heterocycles. The molecule has 1 heterocycles. The number of aromatic amines is 1. The van der Waals surface area contributed by atoms with Gasteiger partial charge in [0.05, 0.1) is 5.69 Å². The van der Waals surface area contributed by atoms with Crippen LogP contribution in [-0.2, 0) is 0 Å². The first-order chi connectivity index (χ1) is 5.04. The third kappa shape index (κ3) is 0.977. The number of primary amides is 1. The highest BCUT2D eigenvalue weighted by Gasteiger charge is 2.11. The van der Waals surface area contributed by atoms with Crippen LogP contribution in [0.5, 0.6) is 5.88 Å². The molecular weight excluding hydrogens is 150 g/mol. The van der Waals surface area contributed by atoms with Crippen molar-refractivity contribution >= 4 is 6.03 Å². The Bertz CT molecular complexity index is 348. The lowest BCUT2D eigenvalue weighted by atomic mass is 10.5. The third-order valence-corrected chi connectivity index (χ3v) is 1.33. The number of nitrogens with one attached hydrogen (secondary N) is 1. The fourth-order valence-electron chi connectivity index (χ4n) is 0.771. The van der Waals surface area contributed by atoms with E-state index < -0.39 is 11.7 Å². The van der Waals surface area contributed by atoms with Gasteiger partial charge in [0.2, 0.25) is 5.88 Å². The normalized spacial score (nSPS) is 9.91. The first-order valence-corrected chi connectivity index (χ1v) is 2.84. The van der Waals surface area contributed by atoms with Gasteiger partial charge in [0.1, 0.15) is 0 Å². The average molecular weight is 157 g/mol. The van der Waals surface area contributed by atoms with Crippen LogP contribution in [0.1, 0.15) is 5.69 Å². The molecule has 0 spiro atoms. The molecule has 0 saturated carbocycles. The van der Waals surface area contributed by atoms with Crippen LogP contribution >= 0.6 is 0 Å². The topological polar surface area (TPSA) is 101 Å². The Labute approximate surface area is 61.3 Å². The molecule has 6 nitrogen and oxygen atoms in total. The summed E-state index contributed by atoms with van der Waals surface area (Å²) < 4.78 is 0.648. The maximum atomic E-state index is 10.7. The van der Waals surface area contributed by atoms with E-state index in [1.807, 2.05) is 4.98 Å². The van der Waals surface area contributed by atoms with Gasteiger partial charge in [-0.3, -0.25) is 4.98 Å². The molecule has 0 aliphatic carbocycles. The Hall–Kier alpha value is -1.72. The molecule has 1 rings (SSSR count). The van der Waals surface area contributed by atoms with Crippen LogP contribution < -0.4 is 11.4 Å². The smallest absolute Gasteiger partial charge is 0.336 e. The van der Waals surface area contributed by atoms with E-state index in [1.165, 1.54) is 6.92 Å². The molecule has 4 N–H and O–H groups in total. The fourth-order valence-corrected chi connectivity index (χ4v) is 0.771. The zero-order valence-electron chi connectivity index (χ0n) is 5.79. The lowest BCUT2D eigenvalue weighted by molar-refractivity contribution is 0.249. The maximum Gasteiger partial charge on any atom is 0.336 e. The molecule has 0 bridgehead atoms. The van der Waals surface area contributed by atoms with Gasteiger partial charge in [-0.1, -0.05) is 0 Å². The number of hydrogen-bond acceptors (Lipinski definition) is 3. The summed E-state index contributed by atoms with van der Waals surface area (Å²) in [6.45, 7) is 1.40. The number of carbonyl (C=O) groups excluding carboxylic acids is 1. The van der Waals surface area contributed by atoms with Crippen LogP contribution in [-0.4, -0.2) is 20.7 Å². The molecule has 0 atom stereocenters. The van der Waals surface area contributed by atoms with Gasteiger partial charge in [-0.25, -0.2) is 14.2 Å². The molecule has 0 fully saturated rings. The van der Waals surface area contributed by atoms with Gasteiger partial charge in [-0.2, -0.15) is 0 Å². The second kappa shape index (κ2) is 2.15. The number of amides is 1. The molecular formula is C5H7N3O3. The number of nitrogens with two attached hydrogens (primary N) is 1. The molecule has 6 heteroatoms. The number of rotatable bonds is 0. The minimum atomic E-state index is -0.913. The lowest BCUT2D eigenvalue weighted by Crippen LogP contribution is -2.30. The number of imidazole rings is 1. The first kappa shape index (κ1) is 7.39. The third-order valence-electron chi connectivity index (χ3n) is 1.33. The summed E-state index contributed by atoms with van der Waals surface area (Å²) >= 11 is 0. The standard InChI is InChI=1S/C5H7N3O3/c1-2-3(9)7-5(11)8(2)4(6)10/h9H,1H3,(H2,6,10)(H,7,11). The second-order valence-electron chi connectivity index (χ2n) is 2.04. The summed E-state index contributed by atoms with van der Waals surface area (Å²) in [5.74, 6) is -0.339. The Morgan fingerprint density at radius 1 is 1.73 bits per heavy atom. The van der Waals surface area contributed by atoms with Crippen molar-refractivity contribution in [2.75, 3.05) is 0 Å². The van der Waals surface area contributed by atoms with Gasteiger partial charge in [0, 0.05) is 0 Å². The molecule has 0 aromatic carbocycles. The summed E-state index contributed by atoms with van der Waals surface area (Å²) in [7, 11) is 0. The number of hydrogen-bond donors (Lipinski definition) is 3. The highest BCUT2D eigenvalue weighted by Crippen LogP contribution is 2.07. The molecule has 0 unspecified atom stereocenters. The van der Waals surface area contributed by atoms with Crippen LogP contribution in [0.4, 0.5) is 4.79 Å². The lowest BCUT2D eigenvalue weighted by Gasteiger charge is -1.93. The summed E-state index contributed by atoms with van der Waals surface area (Å²) in [6, 6.07) is -0.913. The molecule has 1 amide bonds. The van der Waals surface area contributed by atoms with Crippen molar-refractivity contribution in [3.05, 3.63) is 16.2 Å². The first-order valence-electron chi connectivity index (χ1n) is 2.84. The van der Waals surface area contributed by atoms with Crippen molar-refractivity contribution in [2.24, 2.45) is 5.73 Å². The fraction of sp³-hybridized carbons (Fsp3) is 0.200. The quantitative estimate of drug-likeness (QED) is 0.455. The van der Waals surface area contributed by atoms with E-state index in [0.717, 1.165) is 0 Å². The van der Waals surface area contributed by atoms with E-state index in [4.69, 9.17) is 10.8 Å². The number of nitrogens with zero attached hydrogens (tertiary/aromatic N) is 1. The molecule has 1 aromatic rings. The van der Waals surface area contributed by atoms with Crippen LogP contribution in [0, 0.1) is 6.92 Å². The van der Waals surface area contributed by atoms with Crippen LogP contribution in [0.2, 0.25) is 0 Å². The monoisotopic (exact) mass is 157 g/mol. The zero-order chi connectivity index (χ0) is 8.59. The van der Waals surface area contributed by atoms with Crippen LogP contribution in [0.15, 0.2) is 4.79 Å². The van der Waals surface area contributed by atoms with Crippen LogP contribution in [0.25, 0.3) is 0 Å². The van der Waals surface area contributed by atoms with Crippen molar-refractivity contribution < 1.29 is 9.90 Å².